The monoisotopic (exact) mass is 338 g/mol. The van der Waals surface area contributed by atoms with Gasteiger partial charge in [0.05, 0.1) is 11.8 Å². The highest BCUT2D eigenvalue weighted by atomic mass is 16.3. The maximum Gasteiger partial charge on any atom is 0.254 e. The molecule has 0 spiro atoms. The van der Waals surface area contributed by atoms with Crippen molar-refractivity contribution in [3.8, 4) is 0 Å². The topological polar surface area (TPSA) is 105 Å². The minimum Gasteiger partial charge on any atom is -0.472 e. The van der Waals surface area contributed by atoms with Crippen LogP contribution in [0.3, 0.4) is 0 Å². The van der Waals surface area contributed by atoms with E-state index >= 15 is 0 Å². The molecule has 3 rings (SSSR count). The number of furan rings is 1. The molecule has 1 amide bonds. The van der Waals surface area contributed by atoms with Crippen molar-refractivity contribution >= 4 is 23.4 Å². The number of carbonyl (C=O) groups is 1. The minimum atomic E-state index is -0.174. The predicted molar refractivity (Wildman–Crippen MR) is 93.8 cm³/mol. The number of aromatic nitrogens is 3. The van der Waals surface area contributed by atoms with Gasteiger partial charge in [0.1, 0.15) is 17.9 Å². The molecule has 3 aromatic rings. The summed E-state index contributed by atoms with van der Waals surface area (Å²) in [4.78, 5) is 15.9. The van der Waals surface area contributed by atoms with E-state index in [2.05, 4.69) is 31.1 Å². The van der Waals surface area contributed by atoms with Gasteiger partial charge in [-0.1, -0.05) is 0 Å². The molecule has 0 fully saturated rings. The average molecular weight is 338 g/mol. The Balaban J connectivity index is 1.44. The van der Waals surface area contributed by atoms with Crippen molar-refractivity contribution in [2.45, 2.75) is 6.92 Å². The zero-order valence-electron chi connectivity index (χ0n) is 13.7. The van der Waals surface area contributed by atoms with E-state index in [4.69, 9.17) is 4.42 Å². The van der Waals surface area contributed by atoms with Crippen molar-refractivity contribution in [3.63, 3.8) is 0 Å². The van der Waals surface area contributed by atoms with E-state index in [-0.39, 0.29) is 5.91 Å². The third kappa shape index (κ3) is 4.77. The summed E-state index contributed by atoms with van der Waals surface area (Å²) < 4.78 is 4.87. The van der Waals surface area contributed by atoms with Gasteiger partial charge in [-0.3, -0.25) is 4.79 Å². The fourth-order valence-electron chi connectivity index (χ4n) is 2.09. The van der Waals surface area contributed by atoms with Crippen molar-refractivity contribution in [2.75, 3.05) is 23.7 Å². The Labute approximate surface area is 144 Å². The first kappa shape index (κ1) is 16.4. The summed E-state index contributed by atoms with van der Waals surface area (Å²) in [5.41, 5.74) is 1.61. The highest BCUT2D eigenvalue weighted by Crippen LogP contribution is 2.13. The number of anilines is 3. The average Bonchev–Trinajstić information content (AvgIpc) is 3.15. The number of pyridine rings is 1. The van der Waals surface area contributed by atoms with Gasteiger partial charge in [-0.05, 0) is 42.8 Å². The van der Waals surface area contributed by atoms with E-state index in [1.54, 1.807) is 12.3 Å². The molecule has 0 atom stereocenters. The molecule has 3 aromatic heterocycles. The molecule has 0 saturated heterocycles. The van der Waals surface area contributed by atoms with Crippen LogP contribution in [0.25, 0.3) is 0 Å². The predicted octanol–water partition coefficient (Wildman–Crippen LogP) is 2.36. The van der Waals surface area contributed by atoms with Crippen LogP contribution in [0.1, 0.15) is 15.9 Å². The van der Waals surface area contributed by atoms with E-state index in [1.165, 1.54) is 12.5 Å². The van der Waals surface area contributed by atoms with E-state index in [9.17, 15) is 4.79 Å². The molecule has 8 nitrogen and oxygen atoms in total. The maximum absolute atomic E-state index is 11.7. The first-order valence-electron chi connectivity index (χ1n) is 7.78. The second-order valence-electron chi connectivity index (χ2n) is 5.34. The molecule has 128 valence electrons. The summed E-state index contributed by atoms with van der Waals surface area (Å²) in [6.07, 6.45) is 4.60. The summed E-state index contributed by atoms with van der Waals surface area (Å²) in [6, 6.07) is 9.08. The lowest BCUT2D eigenvalue weighted by molar-refractivity contribution is 0.0954. The summed E-state index contributed by atoms with van der Waals surface area (Å²) >= 11 is 0. The van der Waals surface area contributed by atoms with E-state index in [1.807, 2.05) is 31.2 Å². The summed E-state index contributed by atoms with van der Waals surface area (Å²) in [6.45, 7) is 2.99. The van der Waals surface area contributed by atoms with Gasteiger partial charge in [-0.25, -0.2) is 4.98 Å². The first-order chi connectivity index (χ1) is 12.2. The van der Waals surface area contributed by atoms with Crippen LogP contribution < -0.4 is 16.0 Å². The highest BCUT2D eigenvalue weighted by molar-refractivity contribution is 5.93. The van der Waals surface area contributed by atoms with Crippen LogP contribution in [-0.2, 0) is 0 Å². The minimum absolute atomic E-state index is 0.174. The van der Waals surface area contributed by atoms with Crippen molar-refractivity contribution in [3.05, 3.63) is 60.2 Å². The SMILES string of the molecule is Cc1ccnc(Nc2ccc(NCCNC(=O)c3ccoc3)nn2)c1. The van der Waals surface area contributed by atoms with Crippen LogP contribution in [0.5, 0.6) is 0 Å². The van der Waals surface area contributed by atoms with Crippen LogP contribution in [-0.4, -0.2) is 34.2 Å². The quantitative estimate of drug-likeness (QED) is 0.568. The Morgan fingerprint density at radius 1 is 1.08 bits per heavy atom. The Morgan fingerprint density at radius 3 is 2.64 bits per heavy atom. The summed E-state index contributed by atoms with van der Waals surface area (Å²) in [5, 5.41) is 17.1. The molecular formula is C17H18N6O2. The molecule has 8 heteroatoms. The zero-order valence-corrected chi connectivity index (χ0v) is 13.7. The van der Waals surface area contributed by atoms with Gasteiger partial charge >= 0.3 is 0 Å². The number of nitrogens with zero attached hydrogens (tertiary/aromatic N) is 3. The van der Waals surface area contributed by atoms with Crippen molar-refractivity contribution < 1.29 is 9.21 Å². The molecule has 0 aliphatic rings. The van der Waals surface area contributed by atoms with Gasteiger partial charge in [0, 0.05) is 19.3 Å². The second kappa shape index (κ2) is 7.91. The Hall–Kier alpha value is -3.42. The number of carbonyl (C=O) groups excluding carboxylic acids is 1. The first-order valence-corrected chi connectivity index (χ1v) is 7.78. The van der Waals surface area contributed by atoms with E-state index < -0.39 is 0 Å². The fraction of sp³-hybridized carbons (Fsp3) is 0.176. The second-order valence-corrected chi connectivity index (χ2v) is 5.34. The number of nitrogens with one attached hydrogen (secondary N) is 3. The highest BCUT2D eigenvalue weighted by Gasteiger charge is 2.05. The molecule has 0 aliphatic carbocycles. The Morgan fingerprint density at radius 2 is 1.92 bits per heavy atom. The molecule has 3 heterocycles. The van der Waals surface area contributed by atoms with Crippen LogP contribution in [0.2, 0.25) is 0 Å². The lowest BCUT2D eigenvalue weighted by atomic mass is 10.3. The fourth-order valence-corrected chi connectivity index (χ4v) is 2.09. The van der Waals surface area contributed by atoms with Gasteiger partial charge in [0.2, 0.25) is 0 Å². The number of hydrogen-bond donors (Lipinski definition) is 3. The van der Waals surface area contributed by atoms with Gasteiger partial charge < -0.3 is 20.4 Å². The third-order valence-corrected chi connectivity index (χ3v) is 3.34. The third-order valence-electron chi connectivity index (χ3n) is 3.34. The summed E-state index contributed by atoms with van der Waals surface area (Å²) in [7, 11) is 0. The number of rotatable bonds is 7. The van der Waals surface area contributed by atoms with Crippen molar-refractivity contribution in [1.82, 2.24) is 20.5 Å². The van der Waals surface area contributed by atoms with E-state index in [0.29, 0.717) is 30.3 Å². The molecule has 25 heavy (non-hydrogen) atoms. The van der Waals surface area contributed by atoms with Gasteiger partial charge in [0.25, 0.3) is 5.91 Å². The molecule has 0 unspecified atom stereocenters. The van der Waals surface area contributed by atoms with Crippen LogP contribution in [0.15, 0.2) is 53.5 Å². The number of aryl methyl sites for hydroxylation is 1. The normalized spacial score (nSPS) is 10.3. The smallest absolute Gasteiger partial charge is 0.254 e. The van der Waals surface area contributed by atoms with Crippen molar-refractivity contribution in [1.29, 1.82) is 0 Å². The van der Waals surface area contributed by atoms with Crippen LogP contribution >= 0.6 is 0 Å². The molecule has 0 bridgehead atoms. The molecule has 0 radical (unpaired) electrons. The molecule has 3 N–H and O–H groups in total. The molecular weight excluding hydrogens is 320 g/mol. The van der Waals surface area contributed by atoms with Gasteiger partial charge in [0.15, 0.2) is 5.82 Å². The Kier molecular flexibility index (Phi) is 5.20. The largest absolute Gasteiger partial charge is 0.472 e. The number of hydrogen-bond acceptors (Lipinski definition) is 7. The number of amides is 1. The standard InChI is InChI=1S/C17H18N6O2/c1-12-4-6-18-16(10-12)21-15-3-2-14(22-23-15)19-7-8-20-17(24)13-5-9-25-11-13/h2-6,9-11H,7-8H2,1H3,(H,19,22)(H,20,24)(H,18,21,23). The van der Waals surface area contributed by atoms with Crippen LogP contribution in [0, 0.1) is 6.92 Å². The van der Waals surface area contributed by atoms with Gasteiger partial charge in [-0.15, -0.1) is 10.2 Å². The molecule has 0 aromatic carbocycles. The lowest BCUT2D eigenvalue weighted by Crippen LogP contribution is -2.28. The lowest BCUT2D eigenvalue weighted by Gasteiger charge is -2.08. The summed E-state index contributed by atoms with van der Waals surface area (Å²) in [5.74, 6) is 1.78. The molecule has 0 aliphatic heterocycles. The Bertz CT molecular complexity index is 817. The van der Waals surface area contributed by atoms with E-state index in [0.717, 1.165) is 11.4 Å². The maximum atomic E-state index is 11.7. The molecule has 0 saturated carbocycles. The zero-order chi connectivity index (χ0) is 17.5. The van der Waals surface area contributed by atoms with Crippen molar-refractivity contribution in [2.24, 2.45) is 0 Å². The van der Waals surface area contributed by atoms with Crippen LogP contribution in [0.4, 0.5) is 17.5 Å². The van der Waals surface area contributed by atoms with Gasteiger partial charge in [-0.2, -0.15) is 0 Å².